The Morgan fingerprint density at radius 2 is 0.472 bits per heavy atom. The monoisotopic (exact) mass is 1150 g/mol. The van der Waals surface area contributed by atoms with E-state index in [0.717, 1.165) is 78.0 Å². The van der Waals surface area contributed by atoms with Gasteiger partial charge in [0.05, 0.1) is 11.4 Å². The maximum atomic E-state index is 6.89. The molecule has 0 amide bonds. The Morgan fingerprint density at radius 1 is 0.191 bits per heavy atom. The third-order valence-electron chi connectivity index (χ3n) is 19.1. The third kappa shape index (κ3) is 7.04. The normalized spacial score (nSPS) is 12.3. The number of rotatable bonds is 6. The maximum Gasteiger partial charge on any atom is 0.159 e. The Balaban J connectivity index is 0.795. The van der Waals surface area contributed by atoms with Gasteiger partial charge in [0.15, 0.2) is 11.2 Å². The highest BCUT2D eigenvalue weighted by atomic mass is 32.1. The van der Waals surface area contributed by atoms with Crippen LogP contribution in [0.5, 0.6) is 0 Å². The van der Waals surface area contributed by atoms with E-state index in [0.29, 0.717) is 0 Å². The average Bonchev–Trinajstić information content (AvgIpc) is 1.87. The van der Waals surface area contributed by atoms with Gasteiger partial charge in [0.1, 0.15) is 11.2 Å². The van der Waals surface area contributed by atoms with Crippen LogP contribution in [-0.4, -0.2) is 0 Å². The van der Waals surface area contributed by atoms with E-state index in [1.807, 2.05) is 11.3 Å². The van der Waals surface area contributed by atoms with Crippen LogP contribution in [0.1, 0.15) is 0 Å². The van der Waals surface area contributed by atoms with Gasteiger partial charge in [0.25, 0.3) is 0 Å². The van der Waals surface area contributed by atoms with Gasteiger partial charge < -0.3 is 18.6 Å². The van der Waals surface area contributed by atoms with Gasteiger partial charge in [0, 0.05) is 64.5 Å². The SMILES string of the molecule is c1ccc2c(c1)oc1c(N(c3ccc4sc5cc6c7ccc(N(c8ccc9c%10ccccc%10c%10ccccc%10c9c8)c8cccc9c8oc8ccccc89)cc7c7ccccc7c6cc5c4c3)c3ccc4c5ccccc5c5ccccc5c4c3)cccc12. The molecule has 0 bridgehead atoms. The Labute approximate surface area is 513 Å². The van der Waals surface area contributed by atoms with Crippen LogP contribution in [0.15, 0.2) is 300 Å². The Hall–Kier alpha value is -11.5. The fourth-order valence-corrected chi connectivity index (χ4v) is 16.3. The molecule has 5 heteroatoms. The number of benzene rings is 17. The molecule has 412 valence electrons. The molecule has 89 heavy (non-hydrogen) atoms. The molecule has 0 spiro atoms. The van der Waals surface area contributed by atoms with E-state index in [1.165, 1.54) is 117 Å². The summed E-state index contributed by atoms with van der Waals surface area (Å²) in [4.78, 5) is 4.83. The van der Waals surface area contributed by atoms with Crippen molar-refractivity contribution in [3.63, 3.8) is 0 Å². The van der Waals surface area contributed by atoms with Gasteiger partial charge in [-0.25, -0.2) is 0 Å². The van der Waals surface area contributed by atoms with Gasteiger partial charge in [-0.3, -0.25) is 0 Å². The summed E-state index contributed by atoms with van der Waals surface area (Å²) >= 11 is 1.86. The minimum atomic E-state index is 0.852. The zero-order valence-corrected chi connectivity index (χ0v) is 48.6. The number of anilines is 6. The zero-order chi connectivity index (χ0) is 58.0. The summed E-state index contributed by atoms with van der Waals surface area (Å²) in [7, 11) is 0. The molecule has 0 aliphatic carbocycles. The van der Waals surface area contributed by atoms with Crippen molar-refractivity contribution < 1.29 is 8.83 Å². The van der Waals surface area contributed by atoms with E-state index in [9.17, 15) is 0 Å². The van der Waals surface area contributed by atoms with Crippen molar-refractivity contribution in [3.05, 3.63) is 291 Å². The highest BCUT2D eigenvalue weighted by Gasteiger charge is 2.25. The Morgan fingerprint density at radius 3 is 0.876 bits per heavy atom. The van der Waals surface area contributed by atoms with Gasteiger partial charge in [-0.05, 0) is 188 Å². The molecule has 20 aromatic rings. The summed E-state index contributed by atoms with van der Waals surface area (Å²) in [5, 5.41) is 29.0. The van der Waals surface area contributed by atoms with Crippen LogP contribution < -0.4 is 9.80 Å². The molecule has 0 saturated carbocycles. The van der Waals surface area contributed by atoms with E-state index >= 15 is 0 Å². The lowest BCUT2D eigenvalue weighted by molar-refractivity contribution is 0.668. The van der Waals surface area contributed by atoms with Crippen molar-refractivity contribution in [1.29, 1.82) is 0 Å². The van der Waals surface area contributed by atoms with E-state index in [1.54, 1.807) is 0 Å². The van der Waals surface area contributed by atoms with Crippen LogP contribution in [0.3, 0.4) is 0 Å². The molecule has 0 radical (unpaired) electrons. The fourth-order valence-electron chi connectivity index (χ4n) is 15.2. The van der Waals surface area contributed by atoms with Crippen LogP contribution >= 0.6 is 11.3 Å². The van der Waals surface area contributed by atoms with Gasteiger partial charge in [-0.2, -0.15) is 0 Å². The second-order valence-electron chi connectivity index (χ2n) is 23.8. The van der Waals surface area contributed by atoms with Crippen molar-refractivity contribution in [2.24, 2.45) is 0 Å². The van der Waals surface area contributed by atoms with Crippen LogP contribution in [0.2, 0.25) is 0 Å². The first kappa shape index (κ1) is 48.7. The number of nitrogens with zero attached hydrogens (tertiary/aromatic N) is 2. The maximum absolute atomic E-state index is 6.89. The molecule has 0 saturated heterocycles. The first-order chi connectivity index (χ1) is 44.1. The lowest BCUT2D eigenvalue weighted by atomic mass is 9.92. The van der Waals surface area contributed by atoms with Crippen molar-refractivity contribution in [1.82, 2.24) is 0 Å². The summed E-state index contributed by atoms with van der Waals surface area (Å²) in [5.74, 6) is 0. The van der Waals surface area contributed by atoms with Crippen LogP contribution in [-0.2, 0) is 0 Å². The van der Waals surface area contributed by atoms with E-state index in [-0.39, 0.29) is 0 Å². The van der Waals surface area contributed by atoms with Crippen molar-refractivity contribution in [2.45, 2.75) is 0 Å². The standard InChI is InChI=1S/C84H48N2O2S/c1-3-21-57-53(17-1)55-19-5-7-23-59(55)70-43-49(35-39-63(57)70)85(77-31-15-29-68-66-27-11-13-33-79(66)87-83(68)77)51-37-41-65-72(45-51)61-25-9-10-26-62(61)73-47-76-75-46-52(38-42-81(75)89-82(76)48-74(65)73)86(78-32-16-30-69-67-28-12-14-34-80(67)88-84(69)78)50-36-40-64-58-22-4-2-18-54(58)56-20-6-8-24-60(56)71(64)44-50/h1-48H. The first-order valence-electron chi connectivity index (χ1n) is 30.5. The Bertz CT molecular complexity index is 6400. The molecule has 0 atom stereocenters. The zero-order valence-electron chi connectivity index (χ0n) is 47.8. The number of para-hydroxylation sites is 4. The Kier molecular flexibility index (Phi) is 10.1. The van der Waals surface area contributed by atoms with Crippen molar-refractivity contribution in [3.8, 4) is 0 Å². The van der Waals surface area contributed by atoms with E-state index in [4.69, 9.17) is 8.83 Å². The number of thiophene rings is 1. The number of fused-ring (bicyclic) bond motifs is 27. The predicted octanol–water partition coefficient (Wildman–Crippen LogP) is 25.2. The molecule has 3 heterocycles. The van der Waals surface area contributed by atoms with Crippen molar-refractivity contribution >= 4 is 206 Å². The summed E-state index contributed by atoms with van der Waals surface area (Å²) in [6.45, 7) is 0. The second kappa shape index (κ2) is 18.5. The van der Waals surface area contributed by atoms with Gasteiger partial charge in [-0.15, -0.1) is 11.3 Å². The lowest BCUT2D eigenvalue weighted by Crippen LogP contribution is -2.10. The molecule has 0 unspecified atom stereocenters. The van der Waals surface area contributed by atoms with Crippen LogP contribution in [0, 0.1) is 0 Å². The molecule has 3 aromatic heterocycles. The predicted molar refractivity (Wildman–Crippen MR) is 381 cm³/mol. The second-order valence-corrected chi connectivity index (χ2v) is 24.9. The van der Waals surface area contributed by atoms with E-state index < -0.39 is 0 Å². The molecule has 17 aromatic carbocycles. The van der Waals surface area contributed by atoms with Gasteiger partial charge in [0.2, 0.25) is 0 Å². The molecular formula is C84H48N2O2S. The fraction of sp³-hybridized carbons (Fsp3) is 0. The number of hydrogen-bond donors (Lipinski definition) is 0. The smallest absolute Gasteiger partial charge is 0.159 e. The number of hydrogen-bond acceptors (Lipinski definition) is 5. The van der Waals surface area contributed by atoms with E-state index in [2.05, 4.69) is 301 Å². The highest BCUT2D eigenvalue weighted by Crippen LogP contribution is 2.51. The van der Waals surface area contributed by atoms with Crippen molar-refractivity contribution in [2.75, 3.05) is 9.80 Å². The molecule has 0 aliphatic rings. The van der Waals surface area contributed by atoms with Crippen LogP contribution in [0.4, 0.5) is 34.1 Å². The van der Waals surface area contributed by atoms with Gasteiger partial charge in [-0.1, -0.05) is 200 Å². The highest BCUT2D eigenvalue weighted by molar-refractivity contribution is 7.26. The molecule has 20 rings (SSSR count). The molecule has 0 N–H and O–H groups in total. The summed E-state index contributed by atoms with van der Waals surface area (Å²) in [6.07, 6.45) is 0. The minimum Gasteiger partial charge on any atom is -0.454 e. The number of furan rings is 2. The first-order valence-corrected chi connectivity index (χ1v) is 31.3. The summed E-state index contributed by atoms with van der Waals surface area (Å²) in [6, 6.07) is 107. The molecule has 4 nitrogen and oxygen atoms in total. The van der Waals surface area contributed by atoms with Gasteiger partial charge >= 0.3 is 0 Å². The summed E-state index contributed by atoms with van der Waals surface area (Å²) < 4.78 is 16.3. The topological polar surface area (TPSA) is 32.8 Å². The molecule has 0 fully saturated rings. The quantitative estimate of drug-likeness (QED) is 0.155. The average molecular weight is 1150 g/mol. The molecule has 0 aliphatic heterocycles. The van der Waals surface area contributed by atoms with Crippen LogP contribution in [0.25, 0.3) is 161 Å². The largest absolute Gasteiger partial charge is 0.454 e. The molecular weight excluding hydrogens is 1100 g/mol. The third-order valence-corrected chi connectivity index (χ3v) is 20.3. The minimum absolute atomic E-state index is 0.852. The summed E-state index contributed by atoms with van der Waals surface area (Å²) in [5.41, 5.74) is 9.63. The lowest BCUT2D eigenvalue weighted by Gasteiger charge is -2.27.